The average Bonchev–Trinajstić information content (AvgIpc) is 3.15. The molecule has 1 amide bonds. The van der Waals surface area contributed by atoms with Gasteiger partial charge >= 0.3 is 0 Å². The Morgan fingerprint density at radius 3 is 2.19 bits per heavy atom. The summed E-state index contributed by atoms with van der Waals surface area (Å²) >= 11 is 0. The summed E-state index contributed by atoms with van der Waals surface area (Å²) in [5, 5.41) is 8.07. The summed E-state index contributed by atoms with van der Waals surface area (Å²) in [6.07, 6.45) is 17.1. The molecule has 0 saturated heterocycles. The molecule has 1 fully saturated rings. The second-order valence-electron chi connectivity index (χ2n) is 9.98. The Labute approximate surface area is 185 Å². The molecule has 2 heterocycles. The van der Waals surface area contributed by atoms with E-state index >= 15 is 0 Å². The number of nitrogens with zero attached hydrogens (tertiary/aromatic N) is 4. The van der Waals surface area contributed by atoms with E-state index in [0.717, 1.165) is 12.8 Å². The van der Waals surface area contributed by atoms with Crippen molar-refractivity contribution in [3.8, 4) is 0 Å². The lowest BCUT2D eigenvalue weighted by Gasteiger charge is -2.20. The van der Waals surface area contributed by atoms with Crippen molar-refractivity contribution >= 4 is 16.9 Å². The molecule has 172 valence electrons. The van der Waals surface area contributed by atoms with Crippen molar-refractivity contribution in [1.82, 2.24) is 24.6 Å². The van der Waals surface area contributed by atoms with E-state index < -0.39 is 0 Å². The first kappa shape index (κ1) is 23.5. The van der Waals surface area contributed by atoms with Gasteiger partial charge in [0.2, 0.25) is 5.91 Å². The maximum atomic E-state index is 12.8. The molecule has 1 aliphatic carbocycles. The molecule has 2 aromatic rings. The van der Waals surface area contributed by atoms with Crippen LogP contribution in [0.3, 0.4) is 0 Å². The van der Waals surface area contributed by atoms with E-state index in [2.05, 4.69) is 15.4 Å². The van der Waals surface area contributed by atoms with E-state index in [1.165, 1.54) is 68.7 Å². The molecule has 0 unspecified atom stereocenters. The summed E-state index contributed by atoms with van der Waals surface area (Å²) < 4.78 is 3.29. The van der Waals surface area contributed by atoms with E-state index in [1.54, 1.807) is 10.9 Å². The molecule has 1 saturated carbocycles. The van der Waals surface area contributed by atoms with Crippen LogP contribution in [0.5, 0.6) is 0 Å². The van der Waals surface area contributed by atoms with Gasteiger partial charge in [-0.1, -0.05) is 57.8 Å². The quantitative estimate of drug-likeness (QED) is 0.774. The number of aromatic nitrogens is 4. The Hall–Kier alpha value is -2.18. The molecule has 1 N–H and O–H groups in total. The van der Waals surface area contributed by atoms with Gasteiger partial charge in [0.15, 0.2) is 5.65 Å². The van der Waals surface area contributed by atoms with Crippen LogP contribution in [0.4, 0.5) is 0 Å². The van der Waals surface area contributed by atoms with Crippen LogP contribution in [0.15, 0.2) is 17.3 Å². The molecule has 31 heavy (non-hydrogen) atoms. The van der Waals surface area contributed by atoms with Gasteiger partial charge in [-0.25, -0.2) is 9.67 Å². The molecule has 0 radical (unpaired) electrons. The highest BCUT2D eigenvalue weighted by Crippen LogP contribution is 2.18. The lowest BCUT2D eigenvalue weighted by molar-refractivity contribution is -0.122. The molecule has 0 bridgehead atoms. The lowest BCUT2D eigenvalue weighted by Crippen LogP contribution is -2.36. The first-order chi connectivity index (χ1) is 14.9. The van der Waals surface area contributed by atoms with Gasteiger partial charge in [0.25, 0.3) is 5.56 Å². The first-order valence-corrected chi connectivity index (χ1v) is 12.1. The summed E-state index contributed by atoms with van der Waals surface area (Å²) in [6.45, 7) is 6.42. The fourth-order valence-electron chi connectivity index (χ4n) is 4.43. The highest BCUT2D eigenvalue weighted by atomic mass is 16.2. The van der Waals surface area contributed by atoms with Crippen molar-refractivity contribution in [3.63, 3.8) is 0 Å². The molecule has 2 aromatic heterocycles. The standard InChI is InChI=1S/C24H39N5O2/c1-24(2,3)29-22-20(17-26-29)23(31)28(18-25-22)16-15-21(30)27-19-13-11-9-7-5-4-6-8-10-12-14-19/h17-19H,4-16H2,1-3H3,(H,27,30). The number of carbonyl (C=O) groups is 1. The Bertz CT molecular complexity index is 897. The smallest absolute Gasteiger partial charge is 0.264 e. The van der Waals surface area contributed by atoms with Crippen LogP contribution >= 0.6 is 0 Å². The fourth-order valence-corrected chi connectivity index (χ4v) is 4.43. The van der Waals surface area contributed by atoms with Crippen LogP contribution in [0.1, 0.15) is 97.8 Å². The van der Waals surface area contributed by atoms with Gasteiger partial charge in [0, 0.05) is 19.0 Å². The predicted molar refractivity (Wildman–Crippen MR) is 124 cm³/mol. The molecular weight excluding hydrogens is 390 g/mol. The third-order valence-corrected chi connectivity index (χ3v) is 6.24. The van der Waals surface area contributed by atoms with E-state index in [9.17, 15) is 9.59 Å². The molecule has 0 atom stereocenters. The number of carbonyl (C=O) groups excluding carboxylic acids is 1. The van der Waals surface area contributed by atoms with Crippen molar-refractivity contribution < 1.29 is 4.79 Å². The number of fused-ring (bicyclic) bond motifs is 1. The van der Waals surface area contributed by atoms with E-state index in [-0.39, 0.29) is 29.5 Å². The second kappa shape index (κ2) is 10.9. The van der Waals surface area contributed by atoms with Gasteiger partial charge in [0.1, 0.15) is 5.39 Å². The third-order valence-electron chi connectivity index (χ3n) is 6.24. The number of hydrogen-bond donors (Lipinski definition) is 1. The van der Waals surface area contributed by atoms with Crippen LogP contribution in [0, 0.1) is 0 Å². The van der Waals surface area contributed by atoms with Crippen molar-refractivity contribution in [1.29, 1.82) is 0 Å². The van der Waals surface area contributed by atoms with Crippen LogP contribution < -0.4 is 10.9 Å². The van der Waals surface area contributed by atoms with E-state index in [0.29, 0.717) is 17.6 Å². The van der Waals surface area contributed by atoms with Crippen LogP contribution in [0.2, 0.25) is 0 Å². The average molecular weight is 430 g/mol. The number of hydrogen-bond acceptors (Lipinski definition) is 4. The zero-order valence-electron chi connectivity index (χ0n) is 19.5. The van der Waals surface area contributed by atoms with Gasteiger partial charge in [-0.05, 0) is 33.6 Å². The molecule has 3 rings (SSSR count). The first-order valence-electron chi connectivity index (χ1n) is 12.1. The van der Waals surface area contributed by atoms with Gasteiger partial charge in [-0.15, -0.1) is 0 Å². The second-order valence-corrected chi connectivity index (χ2v) is 9.98. The van der Waals surface area contributed by atoms with Crippen molar-refractivity contribution in [2.24, 2.45) is 0 Å². The zero-order chi connectivity index (χ0) is 22.3. The Kier molecular flexibility index (Phi) is 8.27. The Balaban J connectivity index is 1.57. The highest BCUT2D eigenvalue weighted by Gasteiger charge is 2.20. The highest BCUT2D eigenvalue weighted by molar-refractivity contribution is 5.76. The van der Waals surface area contributed by atoms with Crippen molar-refractivity contribution in [2.45, 2.75) is 116 Å². The van der Waals surface area contributed by atoms with Gasteiger partial charge in [-0.3, -0.25) is 14.2 Å². The molecule has 0 aromatic carbocycles. The Morgan fingerprint density at radius 2 is 1.61 bits per heavy atom. The van der Waals surface area contributed by atoms with Crippen molar-refractivity contribution in [2.75, 3.05) is 0 Å². The Morgan fingerprint density at radius 1 is 1.03 bits per heavy atom. The minimum atomic E-state index is -0.249. The minimum absolute atomic E-state index is 0.0227. The number of aryl methyl sites for hydroxylation is 1. The summed E-state index contributed by atoms with van der Waals surface area (Å²) in [5.41, 5.74) is 0.201. The molecule has 0 spiro atoms. The minimum Gasteiger partial charge on any atom is -0.353 e. The SMILES string of the molecule is CC(C)(C)n1ncc2c(=O)n(CCC(=O)NC3CCCCCCCCCCC3)cnc21. The summed E-state index contributed by atoms with van der Waals surface area (Å²) in [5.74, 6) is 0.0227. The maximum absolute atomic E-state index is 12.8. The molecular formula is C24H39N5O2. The summed E-state index contributed by atoms with van der Waals surface area (Å²) in [4.78, 5) is 29.9. The predicted octanol–water partition coefficient (Wildman–Crippen LogP) is 4.53. The lowest BCUT2D eigenvalue weighted by atomic mass is 9.98. The molecule has 7 heteroatoms. The fraction of sp³-hybridized carbons (Fsp3) is 0.750. The molecule has 0 aliphatic heterocycles. The number of rotatable bonds is 4. The van der Waals surface area contributed by atoms with Gasteiger partial charge in [0.05, 0.1) is 18.1 Å². The summed E-state index contributed by atoms with van der Waals surface area (Å²) in [7, 11) is 0. The summed E-state index contributed by atoms with van der Waals surface area (Å²) in [6, 6.07) is 0.259. The molecule has 7 nitrogen and oxygen atoms in total. The third kappa shape index (κ3) is 6.65. The number of amides is 1. The largest absolute Gasteiger partial charge is 0.353 e. The topological polar surface area (TPSA) is 81.8 Å². The van der Waals surface area contributed by atoms with Gasteiger partial charge < -0.3 is 5.32 Å². The maximum Gasteiger partial charge on any atom is 0.264 e. The monoisotopic (exact) mass is 429 g/mol. The van der Waals surface area contributed by atoms with E-state index in [1.807, 2.05) is 20.8 Å². The van der Waals surface area contributed by atoms with E-state index in [4.69, 9.17) is 0 Å². The normalized spacial score (nSPS) is 17.8. The van der Waals surface area contributed by atoms with Crippen molar-refractivity contribution in [3.05, 3.63) is 22.9 Å². The van der Waals surface area contributed by atoms with Crippen LogP contribution in [-0.2, 0) is 16.9 Å². The molecule has 1 aliphatic rings. The van der Waals surface area contributed by atoms with Crippen LogP contribution in [-0.4, -0.2) is 31.3 Å². The van der Waals surface area contributed by atoms with Gasteiger partial charge in [-0.2, -0.15) is 5.10 Å². The van der Waals surface area contributed by atoms with Crippen LogP contribution in [0.25, 0.3) is 11.0 Å². The zero-order valence-corrected chi connectivity index (χ0v) is 19.5. The number of nitrogens with one attached hydrogen (secondary N) is 1.